The SMILES string of the molecule is Cc1cc(=O)c(C(=O)NC(C(=O)N[C@H]2C(=O)N3[C@@H](C(=O)[O-])C(C)(C)S[C@@H]23)c2ccc(O)cc2)c[nH]1.[Na+]. The molecular weight excluding hydrogens is 499 g/mol. The monoisotopic (exact) mass is 522 g/mol. The molecule has 13 heteroatoms. The number of aromatic amines is 1. The van der Waals surface area contributed by atoms with Crippen molar-refractivity contribution in [2.24, 2.45) is 0 Å². The van der Waals surface area contributed by atoms with Gasteiger partial charge in [0.25, 0.3) is 5.91 Å². The molecule has 4 rings (SSSR count). The van der Waals surface area contributed by atoms with Crippen molar-refractivity contribution in [3.63, 3.8) is 0 Å². The molecule has 1 aromatic carbocycles. The van der Waals surface area contributed by atoms with Crippen LogP contribution in [0.2, 0.25) is 0 Å². The van der Waals surface area contributed by atoms with Gasteiger partial charge < -0.3 is 35.5 Å². The Morgan fingerprint density at radius 3 is 2.42 bits per heavy atom. The van der Waals surface area contributed by atoms with Crippen molar-refractivity contribution in [2.75, 3.05) is 0 Å². The summed E-state index contributed by atoms with van der Waals surface area (Å²) in [6.45, 7) is 5.02. The van der Waals surface area contributed by atoms with Crippen LogP contribution in [0.15, 0.2) is 41.3 Å². The van der Waals surface area contributed by atoms with Gasteiger partial charge in [-0.1, -0.05) is 12.1 Å². The third-order valence-electron chi connectivity index (χ3n) is 6.03. The number of rotatable bonds is 6. The van der Waals surface area contributed by atoms with E-state index >= 15 is 0 Å². The molecule has 0 radical (unpaired) electrons. The summed E-state index contributed by atoms with van der Waals surface area (Å²) >= 11 is 1.24. The number of β-lactam (4-membered cyclic amide) rings is 1. The van der Waals surface area contributed by atoms with Crippen molar-refractivity contribution in [3.05, 3.63) is 63.6 Å². The molecule has 11 nitrogen and oxygen atoms in total. The number of nitrogens with zero attached hydrogens (tertiary/aromatic N) is 1. The predicted molar refractivity (Wildman–Crippen MR) is 123 cm³/mol. The van der Waals surface area contributed by atoms with Gasteiger partial charge in [-0.3, -0.25) is 19.2 Å². The zero-order valence-corrected chi connectivity index (χ0v) is 22.8. The third-order valence-corrected chi connectivity index (χ3v) is 7.60. The molecule has 0 aliphatic carbocycles. The molecule has 184 valence electrons. The number of carbonyl (C=O) groups is 4. The quantitative estimate of drug-likeness (QED) is 0.221. The number of aliphatic carboxylic acids is 1. The number of fused-ring (bicyclic) bond motifs is 1. The molecule has 1 aromatic heterocycles. The van der Waals surface area contributed by atoms with Crippen molar-refractivity contribution >= 4 is 35.5 Å². The van der Waals surface area contributed by atoms with Crippen molar-refractivity contribution < 1.29 is 58.9 Å². The average Bonchev–Trinajstić information content (AvgIpc) is 3.04. The normalized spacial score (nSPS) is 22.5. The molecule has 3 heterocycles. The first-order valence-electron chi connectivity index (χ1n) is 10.7. The van der Waals surface area contributed by atoms with E-state index in [1.807, 2.05) is 0 Å². The van der Waals surface area contributed by atoms with Gasteiger partial charge >= 0.3 is 29.6 Å². The van der Waals surface area contributed by atoms with Gasteiger partial charge in [0.05, 0.1) is 12.0 Å². The van der Waals surface area contributed by atoms with Crippen LogP contribution in [-0.4, -0.2) is 60.9 Å². The number of amides is 3. The molecule has 36 heavy (non-hydrogen) atoms. The molecule has 0 spiro atoms. The Morgan fingerprint density at radius 2 is 1.83 bits per heavy atom. The van der Waals surface area contributed by atoms with Crippen LogP contribution >= 0.6 is 11.8 Å². The Labute approximate surface area is 232 Å². The minimum atomic E-state index is -1.37. The first-order valence-corrected chi connectivity index (χ1v) is 11.6. The van der Waals surface area contributed by atoms with E-state index in [1.165, 1.54) is 53.2 Å². The summed E-state index contributed by atoms with van der Waals surface area (Å²) in [6.07, 6.45) is 1.24. The predicted octanol–water partition coefficient (Wildman–Crippen LogP) is -3.84. The number of carboxylic acid groups (broad SMARTS) is 1. The van der Waals surface area contributed by atoms with E-state index in [4.69, 9.17) is 0 Å². The van der Waals surface area contributed by atoms with Crippen LogP contribution in [0.1, 0.15) is 41.5 Å². The van der Waals surface area contributed by atoms with E-state index in [0.29, 0.717) is 11.3 Å². The second-order valence-electron chi connectivity index (χ2n) is 8.96. The summed E-state index contributed by atoms with van der Waals surface area (Å²) in [6, 6.07) is 3.31. The number of hydrogen-bond acceptors (Lipinski definition) is 8. The van der Waals surface area contributed by atoms with E-state index in [2.05, 4.69) is 15.6 Å². The van der Waals surface area contributed by atoms with E-state index in [9.17, 15) is 34.2 Å². The summed E-state index contributed by atoms with van der Waals surface area (Å²) in [4.78, 5) is 66.7. The number of hydrogen-bond donors (Lipinski definition) is 4. The Balaban J connectivity index is 0.00000361. The molecule has 0 bridgehead atoms. The van der Waals surface area contributed by atoms with Gasteiger partial charge in [0.2, 0.25) is 11.8 Å². The molecule has 4 N–H and O–H groups in total. The smallest absolute Gasteiger partial charge is 0.548 e. The Kier molecular flexibility index (Phi) is 7.94. The van der Waals surface area contributed by atoms with Crippen LogP contribution in [-0.2, 0) is 14.4 Å². The van der Waals surface area contributed by atoms with Gasteiger partial charge in [-0.25, -0.2) is 0 Å². The number of thioether (sulfide) groups is 1. The van der Waals surface area contributed by atoms with Gasteiger partial charge in [0.15, 0.2) is 5.43 Å². The first-order chi connectivity index (χ1) is 16.4. The molecule has 1 unspecified atom stereocenters. The molecule has 0 saturated carbocycles. The number of H-pyrrole nitrogens is 1. The molecule has 2 aliphatic heterocycles. The number of aromatic nitrogens is 1. The molecule has 2 aromatic rings. The number of carbonyl (C=O) groups excluding carboxylic acids is 4. The largest absolute Gasteiger partial charge is 1.00 e. The summed E-state index contributed by atoms with van der Waals surface area (Å²) in [7, 11) is 0. The number of aryl methyl sites for hydroxylation is 1. The van der Waals surface area contributed by atoms with Crippen molar-refractivity contribution in [3.8, 4) is 5.75 Å². The number of aromatic hydroxyl groups is 1. The Hall–Kier alpha value is -2.80. The van der Waals surface area contributed by atoms with Crippen molar-refractivity contribution in [2.45, 2.75) is 49.0 Å². The molecular formula is C23H23N4NaO7S. The maximum Gasteiger partial charge on any atom is 1.00 e. The van der Waals surface area contributed by atoms with E-state index in [0.717, 1.165) is 0 Å². The van der Waals surface area contributed by atoms with Gasteiger partial charge in [-0.15, -0.1) is 11.8 Å². The number of nitrogens with one attached hydrogen (secondary N) is 3. The molecule has 2 aliphatic rings. The molecule has 2 fully saturated rings. The zero-order valence-electron chi connectivity index (χ0n) is 20.0. The second kappa shape index (κ2) is 10.3. The Bertz CT molecular complexity index is 1280. The Morgan fingerprint density at radius 1 is 1.19 bits per heavy atom. The maximum absolute atomic E-state index is 13.3. The summed E-state index contributed by atoms with van der Waals surface area (Å²) in [5.41, 5.74) is 0.112. The van der Waals surface area contributed by atoms with E-state index in [-0.39, 0.29) is 40.9 Å². The number of carboxylic acids is 1. The van der Waals surface area contributed by atoms with Crippen LogP contribution in [0, 0.1) is 6.92 Å². The molecule has 4 atom stereocenters. The summed E-state index contributed by atoms with van der Waals surface area (Å²) in [5.74, 6) is -3.55. The second-order valence-corrected chi connectivity index (χ2v) is 10.7. The van der Waals surface area contributed by atoms with Gasteiger partial charge in [-0.05, 0) is 38.5 Å². The standard InChI is InChI=1S/C23H24N4O7S.Na/c1-10-8-14(29)13(9-24-10)18(30)25-15(11-4-6-12(28)7-5-11)19(31)26-16-20(32)27-17(22(33)34)23(2,3)35-21(16)27;/h4-9,15-17,21,28H,1-3H3,(H,24,29)(H,25,30)(H,26,31)(H,33,34);/q;+1/p-1/t15?,16-,17-,21-;/m0./s1. The fourth-order valence-electron chi connectivity index (χ4n) is 4.29. The van der Waals surface area contributed by atoms with Crippen LogP contribution in [0.5, 0.6) is 5.75 Å². The number of benzene rings is 1. The zero-order chi connectivity index (χ0) is 25.7. The van der Waals surface area contributed by atoms with Crippen molar-refractivity contribution in [1.82, 2.24) is 20.5 Å². The maximum atomic E-state index is 13.3. The van der Waals surface area contributed by atoms with E-state index in [1.54, 1.807) is 20.8 Å². The van der Waals surface area contributed by atoms with Gasteiger partial charge in [0, 0.05) is 22.7 Å². The number of phenolic OH excluding ortho intramolecular Hbond substituents is 1. The van der Waals surface area contributed by atoms with Gasteiger partial charge in [0.1, 0.15) is 28.8 Å². The number of pyridine rings is 1. The minimum absolute atomic E-state index is 0. The van der Waals surface area contributed by atoms with Crippen molar-refractivity contribution in [1.29, 1.82) is 0 Å². The first kappa shape index (κ1) is 27.8. The molecule has 3 amide bonds. The van der Waals surface area contributed by atoms with Crippen LogP contribution in [0.25, 0.3) is 0 Å². The van der Waals surface area contributed by atoms with E-state index < -0.39 is 57.4 Å². The summed E-state index contributed by atoms with van der Waals surface area (Å²) in [5, 5.41) is 25.7. The average molecular weight is 523 g/mol. The minimum Gasteiger partial charge on any atom is -0.548 e. The van der Waals surface area contributed by atoms with Crippen LogP contribution in [0.3, 0.4) is 0 Å². The fraction of sp³-hybridized carbons (Fsp3) is 0.348. The molecule has 2 saturated heterocycles. The topological polar surface area (TPSA) is 172 Å². The summed E-state index contributed by atoms with van der Waals surface area (Å²) < 4.78 is -0.824. The van der Waals surface area contributed by atoms with Crippen LogP contribution < -0.4 is 50.7 Å². The van der Waals surface area contributed by atoms with Crippen LogP contribution in [0.4, 0.5) is 0 Å². The van der Waals surface area contributed by atoms with Gasteiger partial charge in [-0.2, -0.15) is 0 Å². The third kappa shape index (κ3) is 5.03. The fourth-order valence-corrected chi connectivity index (χ4v) is 5.91. The number of phenols is 1.